The standard InChI is InChI=1S/C17H21F3N4O2/c1-8(9-2-3-9)21-16-22-13(17(18,19)20)5-14(23-16)24-6-11-10(4-15(25)26)12(11)7-24/h5,8-12H,2-4,6-7H2,1H3,(H,25,26)(H,21,22,23)/t8-,10-,11-,12+/m0/s1. The number of carbonyl (C=O) groups is 1. The summed E-state index contributed by atoms with van der Waals surface area (Å²) in [6, 6.07) is 1.03. The van der Waals surface area contributed by atoms with Crippen LogP contribution in [0.5, 0.6) is 0 Å². The Bertz CT molecular complexity index is 710. The van der Waals surface area contributed by atoms with Crippen molar-refractivity contribution in [3.05, 3.63) is 11.8 Å². The van der Waals surface area contributed by atoms with Crippen LogP contribution in [0.25, 0.3) is 0 Å². The second-order valence-corrected chi connectivity index (χ2v) is 7.70. The van der Waals surface area contributed by atoms with Crippen LogP contribution in [-0.2, 0) is 11.0 Å². The summed E-state index contributed by atoms with van der Waals surface area (Å²) >= 11 is 0. The molecule has 4 atom stereocenters. The molecule has 142 valence electrons. The van der Waals surface area contributed by atoms with Crippen LogP contribution in [0.3, 0.4) is 0 Å². The molecule has 0 unspecified atom stereocenters. The molecule has 1 aromatic rings. The average Bonchev–Trinajstić information content (AvgIpc) is 3.44. The van der Waals surface area contributed by atoms with Crippen LogP contribution in [0, 0.1) is 23.7 Å². The number of hydrogen-bond donors (Lipinski definition) is 2. The van der Waals surface area contributed by atoms with Gasteiger partial charge in [-0.2, -0.15) is 18.2 Å². The maximum atomic E-state index is 13.2. The third kappa shape index (κ3) is 3.43. The molecule has 9 heteroatoms. The highest BCUT2D eigenvalue weighted by Crippen LogP contribution is 2.54. The molecule has 1 aromatic heterocycles. The Morgan fingerprint density at radius 3 is 2.54 bits per heavy atom. The van der Waals surface area contributed by atoms with Gasteiger partial charge in [-0.1, -0.05) is 0 Å². The first-order chi connectivity index (χ1) is 12.2. The van der Waals surface area contributed by atoms with E-state index in [1.807, 2.05) is 11.8 Å². The normalized spacial score (nSPS) is 28.6. The minimum Gasteiger partial charge on any atom is -0.481 e. The molecule has 3 aliphatic rings. The Hall–Kier alpha value is -2.06. The molecule has 26 heavy (non-hydrogen) atoms. The lowest BCUT2D eigenvalue weighted by Gasteiger charge is -2.23. The largest absolute Gasteiger partial charge is 0.481 e. The Morgan fingerprint density at radius 2 is 2.00 bits per heavy atom. The maximum absolute atomic E-state index is 13.2. The number of piperidine rings is 1. The molecule has 1 saturated heterocycles. The van der Waals surface area contributed by atoms with Crippen molar-refractivity contribution in [3.8, 4) is 0 Å². The van der Waals surface area contributed by atoms with Crippen LogP contribution in [0.1, 0.15) is 31.9 Å². The Balaban J connectivity index is 1.51. The van der Waals surface area contributed by atoms with Crippen molar-refractivity contribution in [2.75, 3.05) is 23.3 Å². The van der Waals surface area contributed by atoms with Crippen molar-refractivity contribution in [2.45, 2.75) is 38.4 Å². The summed E-state index contributed by atoms with van der Waals surface area (Å²) in [5, 5.41) is 11.9. The van der Waals surface area contributed by atoms with E-state index in [9.17, 15) is 18.0 Å². The summed E-state index contributed by atoms with van der Waals surface area (Å²) in [5.74, 6) is 0.524. The van der Waals surface area contributed by atoms with Gasteiger partial charge in [-0.15, -0.1) is 0 Å². The highest BCUT2D eigenvalue weighted by molar-refractivity contribution is 5.68. The number of anilines is 2. The van der Waals surface area contributed by atoms with Crippen molar-refractivity contribution in [1.29, 1.82) is 0 Å². The molecular weight excluding hydrogens is 349 g/mol. The minimum absolute atomic E-state index is 0.0110. The average molecular weight is 370 g/mol. The SMILES string of the molecule is C[C@H](Nc1nc(N2C[C@@H]3[C@@H](CC(=O)O)[C@@H]3C2)cc(C(F)(F)F)n1)C1CC1. The maximum Gasteiger partial charge on any atom is 0.433 e. The molecule has 2 heterocycles. The molecule has 1 aliphatic heterocycles. The number of hydrogen-bond acceptors (Lipinski definition) is 5. The Kier molecular flexibility index (Phi) is 4.00. The number of aliphatic carboxylic acids is 1. The molecule has 2 N–H and O–H groups in total. The molecule has 3 fully saturated rings. The first-order valence-electron chi connectivity index (χ1n) is 8.92. The smallest absolute Gasteiger partial charge is 0.433 e. The highest BCUT2D eigenvalue weighted by Gasteiger charge is 2.56. The second-order valence-electron chi connectivity index (χ2n) is 7.70. The number of aromatic nitrogens is 2. The van der Waals surface area contributed by atoms with Gasteiger partial charge in [0.25, 0.3) is 0 Å². The molecule has 0 bridgehead atoms. The van der Waals surface area contributed by atoms with Gasteiger partial charge in [0.2, 0.25) is 5.95 Å². The summed E-state index contributed by atoms with van der Waals surface area (Å²) in [6.07, 6.45) is -2.27. The van der Waals surface area contributed by atoms with Gasteiger partial charge >= 0.3 is 12.1 Å². The number of nitrogens with zero attached hydrogens (tertiary/aromatic N) is 3. The lowest BCUT2D eigenvalue weighted by molar-refractivity contribution is -0.141. The van der Waals surface area contributed by atoms with E-state index >= 15 is 0 Å². The Morgan fingerprint density at radius 1 is 1.35 bits per heavy atom. The predicted molar refractivity (Wildman–Crippen MR) is 87.8 cm³/mol. The van der Waals surface area contributed by atoms with Crippen LogP contribution in [0.4, 0.5) is 24.9 Å². The lowest BCUT2D eigenvalue weighted by atomic mass is 10.2. The molecule has 0 spiro atoms. The lowest BCUT2D eigenvalue weighted by Crippen LogP contribution is -2.28. The fraction of sp³-hybridized carbons (Fsp3) is 0.706. The van der Waals surface area contributed by atoms with E-state index < -0.39 is 17.8 Å². The first-order valence-corrected chi connectivity index (χ1v) is 8.92. The minimum atomic E-state index is -4.54. The fourth-order valence-electron chi connectivity index (χ4n) is 4.06. The fourth-order valence-corrected chi connectivity index (χ4v) is 4.06. The topological polar surface area (TPSA) is 78.4 Å². The number of halogens is 3. The molecule has 0 radical (unpaired) electrons. The van der Waals surface area contributed by atoms with Gasteiger partial charge in [0.05, 0.1) is 0 Å². The number of alkyl halides is 3. The quantitative estimate of drug-likeness (QED) is 0.802. The van der Waals surface area contributed by atoms with E-state index in [1.54, 1.807) is 0 Å². The summed E-state index contributed by atoms with van der Waals surface area (Å²) in [6.45, 7) is 3.03. The molecule has 2 saturated carbocycles. The van der Waals surface area contributed by atoms with E-state index in [-0.39, 0.29) is 42.0 Å². The zero-order valence-electron chi connectivity index (χ0n) is 14.3. The zero-order chi connectivity index (χ0) is 18.6. The van der Waals surface area contributed by atoms with Crippen molar-refractivity contribution in [3.63, 3.8) is 0 Å². The van der Waals surface area contributed by atoms with Crippen molar-refractivity contribution >= 4 is 17.7 Å². The van der Waals surface area contributed by atoms with E-state index in [4.69, 9.17) is 5.11 Å². The van der Waals surface area contributed by atoms with Gasteiger partial charge in [-0.3, -0.25) is 4.79 Å². The summed E-state index contributed by atoms with van der Waals surface area (Å²) in [4.78, 5) is 20.6. The van der Waals surface area contributed by atoms with Crippen molar-refractivity contribution in [2.24, 2.45) is 23.7 Å². The summed E-state index contributed by atoms with van der Waals surface area (Å²) in [5.41, 5.74) is -0.948. The summed E-state index contributed by atoms with van der Waals surface area (Å²) in [7, 11) is 0. The number of rotatable bonds is 6. The molecule has 0 aromatic carbocycles. The predicted octanol–water partition coefficient (Wildman–Crippen LogP) is 2.86. The van der Waals surface area contributed by atoms with E-state index in [1.165, 1.54) is 0 Å². The molecule has 0 amide bonds. The van der Waals surface area contributed by atoms with Crippen LogP contribution >= 0.6 is 0 Å². The first kappa shape index (κ1) is 17.4. The van der Waals surface area contributed by atoms with Crippen molar-refractivity contribution < 1.29 is 23.1 Å². The monoisotopic (exact) mass is 370 g/mol. The summed E-state index contributed by atoms with van der Waals surface area (Å²) < 4.78 is 39.7. The van der Waals surface area contributed by atoms with Gasteiger partial charge in [0, 0.05) is 31.6 Å². The zero-order valence-corrected chi connectivity index (χ0v) is 14.3. The third-order valence-electron chi connectivity index (χ3n) is 5.79. The molecule has 2 aliphatic carbocycles. The molecular formula is C17H21F3N4O2. The number of fused-ring (bicyclic) bond motifs is 1. The van der Waals surface area contributed by atoms with Gasteiger partial charge in [-0.05, 0) is 43.4 Å². The molecule has 4 rings (SSSR count). The third-order valence-corrected chi connectivity index (χ3v) is 5.79. The van der Waals surface area contributed by atoms with E-state index in [2.05, 4.69) is 15.3 Å². The van der Waals surface area contributed by atoms with Gasteiger partial charge < -0.3 is 15.3 Å². The Labute approximate surface area is 148 Å². The van der Waals surface area contributed by atoms with Crippen molar-refractivity contribution in [1.82, 2.24) is 9.97 Å². The number of carboxylic acids is 1. The second kappa shape index (κ2) is 5.99. The van der Waals surface area contributed by atoms with E-state index in [0.717, 1.165) is 18.9 Å². The highest BCUT2D eigenvalue weighted by atomic mass is 19.4. The van der Waals surface area contributed by atoms with Gasteiger partial charge in [0.1, 0.15) is 5.82 Å². The van der Waals surface area contributed by atoms with Gasteiger partial charge in [-0.25, -0.2) is 4.98 Å². The van der Waals surface area contributed by atoms with Crippen LogP contribution in [0.15, 0.2) is 6.07 Å². The van der Waals surface area contributed by atoms with E-state index in [0.29, 0.717) is 19.0 Å². The number of nitrogens with one attached hydrogen (secondary N) is 1. The van der Waals surface area contributed by atoms with Crippen LogP contribution in [-0.4, -0.2) is 40.2 Å². The van der Waals surface area contributed by atoms with Crippen LogP contribution < -0.4 is 10.2 Å². The van der Waals surface area contributed by atoms with Gasteiger partial charge in [0.15, 0.2) is 5.69 Å². The number of carboxylic acid groups (broad SMARTS) is 1. The molecule has 6 nitrogen and oxygen atoms in total. The van der Waals surface area contributed by atoms with Crippen LogP contribution in [0.2, 0.25) is 0 Å².